The molecule has 1 rings (SSSR count). The van der Waals surface area contributed by atoms with Crippen molar-refractivity contribution in [3.8, 4) is 11.5 Å². The van der Waals surface area contributed by atoms with Gasteiger partial charge >= 0.3 is 0 Å². The van der Waals surface area contributed by atoms with E-state index >= 15 is 0 Å². The van der Waals surface area contributed by atoms with Crippen LogP contribution in [0.5, 0.6) is 11.5 Å². The molecule has 0 bridgehead atoms. The molecule has 0 fully saturated rings. The molecular formula is C17H30N2O2. The average molecular weight is 294 g/mol. The van der Waals surface area contributed by atoms with E-state index in [0.29, 0.717) is 19.1 Å². The van der Waals surface area contributed by atoms with Crippen molar-refractivity contribution < 1.29 is 9.47 Å². The van der Waals surface area contributed by atoms with Gasteiger partial charge in [-0.2, -0.15) is 0 Å². The first-order valence-corrected chi connectivity index (χ1v) is 7.97. The topological polar surface area (TPSA) is 56.5 Å². The van der Waals surface area contributed by atoms with Crippen molar-refractivity contribution in [2.24, 2.45) is 11.7 Å². The van der Waals surface area contributed by atoms with E-state index in [2.05, 4.69) is 33.0 Å². The van der Waals surface area contributed by atoms with Crippen LogP contribution in [0.15, 0.2) is 18.2 Å². The molecule has 3 N–H and O–H groups in total. The number of hydrogen-bond donors (Lipinski definition) is 2. The lowest BCUT2D eigenvalue weighted by Gasteiger charge is -2.18. The predicted octanol–water partition coefficient (Wildman–Crippen LogP) is 3.66. The lowest BCUT2D eigenvalue weighted by atomic mass is 10.1. The SMILES string of the molecule is CCCOc1ccc(NCC(N)C(C)C)cc1OCCC. The molecule has 0 spiro atoms. The van der Waals surface area contributed by atoms with Crippen molar-refractivity contribution in [2.45, 2.75) is 46.6 Å². The van der Waals surface area contributed by atoms with Crippen LogP contribution in [-0.2, 0) is 0 Å². The van der Waals surface area contributed by atoms with Gasteiger partial charge in [0.25, 0.3) is 0 Å². The number of anilines is 1. The fraction of sp³-hybridized carbons (Fsp3) is 0.647. The summed E-state index contributed by atoms with van der Waals surface area (Å²) in [6.07, 6.45) is 1.96. The molecule has 4 nitrogen and oxygen atoms in total. The molecule has 1 aromatic rings. The van der Waals surface area contributed by atoms with E-state index in [1.807, 2.05) is 18.2 Å². The summed E-state index contributed by atoms with van der Waals surface area (Å²) < 4.78 is 11.5. The zero-order valence-corrected chi connectivity index (χ0v) is 13.8. The van der Waals surface area contributed by atoms with Crippen molar-refractivity contribution in [2.75, 3.05) is 25.1 Å². The molecule has 1 unspecified atom stereocenters. The Morgan fingerprint density at radius 2 is 1.67 bits per heavy atom. The maximum absolute atomic E-state index is 6.06. The van der Waals surface area contributed by atoms with Gasteiger partial charge in [-0.25, -0.2) is 0 Å². The number of ether oxygens (including phenoxy) is 2. The Morgan fingerprint density at radius 3 is 2.24 bits per heavy atom. The van der Waals surface area contributed by atoms with Crippen LogP contribution in [0, 0.1) is 5.92 Å². The Balaban J connectivity index is 2.72. The Hall–Kier alpha value is -1.42. The van der Waals surface area contributed by atoms with E-state index in [4.69, 9.17) is 15.2 Å². The summed E-state index contributed by atoms with van der Waals surface area (Å²) in [6.45, 7) is 10.6. The lowest BCUT2D eigenvalue weighted by Crippen LogP contribution is -2.33. The van der Waals surface area contributed by atoms with Gasteiger partial charge in [0.15, 0.2) is 11.5 Å². The third-order valence-corrected chi connectivity index (χ3v) is 3.27. The first-order valence-electron chi connectivity index (χ1n) is 7.97. The smallest absolute Gasteiger partial charge is 0.163 e. The molecular weight excluding hydrogens is 264 g/mol. The predicted molar refractivity (Wildman–Crippen MR) is 89.3 cm³/mol. The molecule has 0 aliphatic carbocycles. The molecule has 4 heteroatoms. The largest absolute Gasteiger partial charge is 0.490 e. The zero-order chi connectivity index (χ0) is 15.7. The van der Waals surface area contributed by atoms with Crippen LogP contribution in [0.25, 0.3) is 0 Å². The van der Waals surface area contributed by atoms with Crippen LogP contribution in [0.1, 0.15) is 40.5 Å². The van der Waals surface area contributed by atoms with E-state index in [0.717, 1.165) is 36.6 Å². The minimum absolute atomic E-state index is 0.140. The third kappa shape index (κ3) is 6.25. The molecule has 120 valence electrons. The molecule has 0 aromatic heterocycles. The number of rotatable bonds is 10. The highest BCUT2D eigenvalue weighted by atomic mass is 16.5. The van der Waals surface area contributed by atoms with Crippen molar-refractivity contribution in [3.05, 3.63) is 18.2 Å². The van der Waals surface area contributed by atoms with E-state index in [-0.39, 0.29) is 6.04 Å². The molecule has 1 atom stereocenters. The van der Waals surface area contributed by atoms with Gasteiger partial charge in [0.05, 0.1) is 13.2 Å². The van der Waals surface area contributed by atoms with Gasteiger partial charge < -0.3 is 20.5 Å². The van der Waals surface area contributed by atoms with Gasteiger partial charge in [-0.15, -0.1) is 0 Å². The van der Waals surface area contributed by atoms with Crippen LogP contribution in [-0.4, -0.2) is 25.8 Å². The second-order valence-corrected chi connectivity index (χ2v) is 5.65. The monoisotopic (exact) mass is 294 g/mol. The summed E-state index contributed by atoms with van der Waals surface area (Å²) in [5, 5.41) is 3.37. The second kappa shape index (κ2) is 9.50. The summed E-state index contributed by atoms with van der Waals surface area (Å²) in [6, 6.07) is 6.11. The minimum Gasteiger partial charge on any atom is -0.490 e. The number of nitrogens with one attached hydrogen (secondary N) is 1. The number of benzene rings is 1. The first kappa shape index (κ1) is 17.6. The first-order chi connectivity index (χ1) is 10.1. The molecule has 1 aromatic carbocycles. The molecule has 21 heavy (non-hydrogen) atoms. The normalized spacial score (nSPS) is 12.3. The van der Waals surface area contributed by atoms with Crippen molar-refractivity contribution in [1.29, 1.82) is 0 Å². The Labute approximate surface area is 129 Å². The summed E-state index contributed by atoms with van der Waals surface area (Å²) in [5.41, 5.74) is 7.07. The molecule has 0 radical (unpaired) electrons. The fourth-order valence-corrected chi connectivity index (χ4v) is 1.75. The van der Waals surface area contributed by atoms with Crippen LogP contribution in [0.3, 0.4) is 0 Å². The molecule has 0 saturated carbocycles. The third-order valence-electron chi connectivity index (χ3n) is 3.27. The van der Waals surface area contributed by atoms with Crippen molar-refractivity contribution in [1.82, 2.24) is 0 Å². The van der Waals surface area contributed by atoms with Crippen molar-refractivity contribution >= 4 is 5.69 Å². The number of hydrogen-bond acceptors (Lipinski definition) is 4. The minimum atomic E-state index is 0.140. The highest BCUT2D eigenvalue weighted by molar-refractivity contribution is 5.54. The highest BCUT2D eigenvalue weighted by Crippen LogP contribution is 2.31. The maximum Gasteiger partial charge on any atom is 0.163 e. The van der Waals surface area contributed by atoms with Crippen molar-refractivity contribution in [3.63, 3.8) is 0 Å². The summed E-state index contributed by atoms with van der Waals surface area (Å²) >= 11 is 0. The molecule has 0 aliphatic heterocycles. The fourth-order valence-electron chi connectivity index (χ4n) is 1.75. The second-order valence-electron chi connectivity index (χ2n) is 5.65. The Kier molecular flexibility index (Phi) is 7.98. The van der Waals surface area contributed by atoms with Gasteiger partial charge in [0.2, 0.25) is 0 Å². The standard InChI is InChI=1S/C17H30N2O2/c1-5-9-20-16-8-7-14(11-17(16)21-10-6-2)19-12-15(18)13(3)4/h7-8,11,13,15,19H,5-6,9-10,12,18H2,1-4H3. The van der Waals surface area contributed by atoms with Gasteiger partial charge in [0.1, 0.15) is 0 Å². The Bertz CT molecular complexity index is 408. The van der Waals surface area contributed by atoms with Crippen LogP contribution < -0.4 is 20.5 Å². The zero-order valence-electron chi connectivity index (χ0n) is 13.8. The molecule has 0 saturated heterocycles. The summed E-state index contributed by atoms with van der Waals surface area (Å²) in [7, 11) is 0. The average Bonchev–Trinajstić information content (AvgIpc) is 2.49. The lowest BCUT2D eigenvalue weighted by molar-refractivity contribution is 0.268. The number of nitrogens with two attached hydrogens (primary N) is 1. The summed E-state index contributed by atoms with van der Waals surface area (Å²) in [4.78, 5) is 0. The van der Waals surface area contributed by atoms with E-state index in [1.165, 1.54) is 0 Å². The van der Waals surface area contributed by atoms with E-state index < -0.39 is 0 Å². The van der Waals surface area contributed by atoms with E-state index in [9.17, 15) is 0 Å². The quantitative estimate of drug-likeness (QED) is 0.691. The van der Waals surface area contributed by atoms with Gasteiger partial charge in [-0.3, -0.25) is 0 Å². The van der Waals surface area contributed by atoms with Crippen LogP contribution in [0.4, 0.5) is 5.69 Å². The molecule has 0 aliphatic rings. The Morgan fingerprint density at radius 1 is 1.05 bits per heavy atom. The summed E-state index contributed by atoms with van der Waals surface area (Å²) in [5.74, 6) is 2.07. The van der Waals surface area contributed by atoms with Gasteiger partial charge in [0, 0.05) is 24.3 Å². The van der Waals surface area contributed by atoms with Gasteiger partial charge in [-0.1, -0.05) is 27.7 Å². The highest BCUT2D eigenvalue weighted by Gasteiger charge is 2.09. The molecule has 0 heterocycles. The van der Waals surface area contributed by atoms with Crippen LogP contribution in [0.2, 0.25) is 0 Å². The van der Waals surface area contributed by atoms with Gasteiger partial charge in [-0.05, 0) is 30.9 Å². The van der Waals surface area contributed by atoms with E-state index in [1.54, 1.807) is 0 Å². The maximum atomic E-state index is 6.06. The molecule has 0 amide bonds. The van der Waals surface area contributed by atoms with Crippen LogP contribution >= 0.6 is 0 Å².